The smallest absolute Gasteiger partial charge is 0.231 e. The summed E-state index contributed by atoms with van der Waals surface area (Å²) in [6.07, 6.45) is -0.200. The van der Waals surface area contributed by atoms with Gasteiger partial charge in [-0.3, -0.25) is 19.2 Å². The average molecular weight is 278 g/mol. The lowest BCUT2D eigenvalue weighted by Gasteiger charge is -2.01. The van der Waals surface area contributed by atoms with Gasteiger partial charge < -0.3 is 11.1 Å². The molecule has 0 aromatic heterocycles. The van der Waals surface area contributed by atoms with E-state index in [2.05, 4.69) is 11.1 Å². The van der Waals surface area contributed by atoms with Crippen LogP contribution in [-0.2, 0) is 19.2 Å². The van der Waals surface area contributed by atoms with Crippen LogP contribution in [0.1, 0.15) is 26.7 Å². The molecular formula is C14H18N2O4. The van der Waals surface area contributed by atoms with Gasteiger partial charge in [-0.15, -0.1) is 0 Å². The Balaban J connectivity index is 0.000000441. The van der Waals surface area contributed by atoms with Gasteiger partial charge in [0.25, 0.3) is 0 Å². The molecule has 0 aliphatic carbocycles. The fourth-order valence-electron chi connectivity index (χ4n) is 1.20. The van der Waals surface area contributed by atoms with Crippen LogP contribution in [0.4, 0.5) is 5.69 Å². The molecule has 1 aromatic rings. The number of para-hydroxylation sites is 1. The summed E-state index contributed by atoms with van der Waals surface area (Å²) in [5.74, 6) is -1.15. The third-order valence-electron chi connectivity index (χ3n) is 1.89. The third-order valence-corrected chi connectivity index (χ3v) is 1.89. The van der Waals surface area contributed by atoms with Gasteiger partial charge in [-0.2, -0.15) is 0 Å². The van der Waals surface area contributed by atoms with Crippen molar-refractivity contribution >= 4 is 29.1 Å². The van der Waals surface area contributed by atoms with E-state index < -0.39 is 5.91 Å². The van der Waals surface area contributed by atoms with Crippen molar-refractivity contribution in [2.75, 3.05) is 5.32 Å². The Morgan fingerprint density at radius 3 is 1.80 bits per heavy atom. The monoisotopic (exact) mass is 278 g/mol. The highest BCUT2D eigenvalue weighted by Gasteiger charge is 2.04. The number of rotatable bonds is 5. The van der Waals surface area contributed by atoms with E-state index in [1.54, 1.807) is 12.1 Å². The molecule has 0 atom stereocenters. The first-order valence-corrected chi connectivity index (χ1v) is 5.93. The number of amides is 2. The Hall–Kier alpha value is -2.50. The standard InChI is InChI=1S/C10H11NO2.C4H7NO2/c1-8(12)7-10(13)11-9-5-3-2-4-6-9;1-3(6)2-4(5)7/h2-6H,7H2,1H3,(H,11,13);2H2,1H3,(H2,5,7). The number of hydrogen-bond acceptors (Lipinski definition) is 4. The van der Waals surface area contributed by atoms with Crippen LogP contribution in [-0.4, -0.2) is 23.4 Å². The molecule has 1 aromatic carbocycles. The largest absolute Gasteiger partial charge is 0.369 e. The summed E-state index contributed by atoms with van der Waals surface area (Å²) < 4.78 is 0. The zero-order valence-electron chi connectivity index (χ0n) is 11.5. The van der Waals surface area contributed by atoms with E-state index >= 15 is 0 Å². The predicted octanol–water partition coefficient (Wildman–Crippen LogP) is 1.05. The van der Waals surface area contributed by atoms with Gasteiger partial charge in [0.05, 0.1) is 12.8 Å². The van der Waals surface area contributed by atoms with Gasteiger partial charge >= 0.3 is 0 Å². The summed E-state index contributed by atoms with van der Waals surface area (Å²) >= 11 is 0. The molecule has 1 rings (SSSR count). The summed E-state index contributed by atoms with van der Waals surface area (Å²) in [5.41, 5.74) is 5.35. The first-order valence-electron chi connectivity index (χ1n) is 5.93. The second-order valence-electron chi connectivity index (χ2n) is 4.14. The van der Waals surface area contributed by atoms with Crippen LogP contribution in [0.5, 0.6) is 0 Å². The van der Waals surface area contributed by atoms with E-state index in [0.29, 0.717) is 5.69 Å². The number of primary amides is 1. The number of ketones is 2. The molecule has 0 aliphatic heterocycles. The number of hydrogen-bond donors (Lipinski definition) is 2. The first kappa shape index (κ1) is 17.5. The molecule has 6 nitrogen and oxygen atoms in total. The molecular weight excluding hydrogens is 260 g/mol. The van der Waals surface area contributed by atoms with E-state index in [1.807, 2.05) is 18.2 Å². The number of Topliss-reactive ketones (excluding diaryl/α,β-unsaturated/α-hetero) is 2. The van der Waals surface area contributed by atoms with Crippen LogP contribution in [0.2, 0.25) is 0 Å². The van der Waals surface area contributed by atoms with Crippen molar-refractivity contribution in [2.24, 2.45) is 5.73 Å². The van der Waals surface area contributed by atoms with Crippen LogP contribution in [0, 0.1) is 0 Å². The summed E-state index contributed by atoms with van der Waals surface area (Å²) in [7, 11) is 0. The van der Waals surface area contributed by atoms with Crippen LogP contribution in [0.15, 0.2) is 30.3 Å². The fourth-order valence-corrected chi connectivity index (χ4v) is 1.20. The SMILES string of the molecule is CC(=O)CC(=O)Nc1ccccc1.CC(=O)CC(N)=O. The number of carbonyl (C=O) groups is 4. The summed E-state index contributed by atoms with van der Waals surface area (Å²) in [6, 6.07) is 9.06. The first-order chi connectivity index (χ1) is 9.31. The summed E-state index contributed by atoms with van der Waals surface area (Å²) in [5, 5.41) is 2.61. The van der Waals surface area contributed by atoms with Crippen LogP contribution >= 0.6 is 0 Å². The molecule has 0 saturated carbocycles. The zero-order valence-corrected chi connectivity index (χ0v) is 11.5. The molecule has 0 fully saturated rings. The maximum Gasteiger partial charge on any atom is 0.231 e. The van der Waals surface area contributed by atoms with E-state index in [-0.39, 0.29) is 30.3 Å². The van der Waals surface area contributed by atoms with Crippen molar-refractivity contribution in [1.29, 1.82) is 0 Å². The molecule has 20 heavy (non-hydrogen) atoms. The highest BCUT2D eigenvalue weighted by Crippen LogP contribution is 2.05. The van der Waals surface area contributed by atoms with Gasteiger partial charge in [0.1, 0.15) is 11.6 Å². The Labute approximate surface area is 117 Å². The van der Waals surface area contributed by atoms with Gasteiger partial charge in [0, 0.05) is 5.69 Å². The van der Waals surface area contributed by atoms with Crippen molar-refractivity contribution in [1.82, 2.24) is 0 Å². The Bertz CT molecular complexity index is 471. The quantitative estimate of drug-likeness (QED) is 0.785. The molecule has 0 bridgehead atoms. The minimum atomic E-state index is -0.562. The molecule has 0 radical (unpaired) electrons. The molecule has 6 heteroatoms. The molecule has 3 N–H and O–H groups in total. The van der Waals surface area contributed by atoms with Crippen molar-refractivity contribution in [3.05, 3.63) is 30.3 Å². The van der Waals surface area contributed by atoms with Crippen LogP contribution < -0.4 is 11.1 Å². The molecule has 0 aliphatic rings. The number of carbonyl (C=O) groups excluding carboxylic acids is 4. The third kappa shape index (κ3) is 10.6. The maximum atomic E-state index is 11.1. The Morgan fingerprint density at radius 1 is 0.950 bits per heavy atom. The van der Waals surface area contributed by atoms with Gasteiger partial charge in [0.15, 0.2) is 0 Å². The number of benzene rings is 1. The lowest BCUT2D eigenvalue weighted by Crippen LogP contribution is -2.14. The summed E-state index contributed by atoms with van der Waals surface area (Å²) in [6.45, 7) is 2.72. The van der Waals surface area contributed by atoms with E-state index in [0.717, 1.165) is 0 Å². The van der Waals surface area contributed by atoms with Gasteiger partial charge in [0.2, 0.25) is 11.8 Å². The Morgan fingerprint density at radius 2 is 1.45 bits per heavy atom. The second kappa shape index (κ2) is 9.43. The highest BCUT2D eigenvalue weighted by atomic mass is 16.2. The fraction of sp³-hybridized carbons (Fsp3) is 0.286. The van der Waals surface area contributed by atoms with E-state index in [1.165, 1.54) is 13.8 Å². The van der Waals surface area contributed by atoms with Crippen molar-refractivity contribution < 1.29 is 19.2 Å². The van der Waals surface area contributed by atoms with E-state index in [4.69, 9.17) is 0 Å². The topological polar surface area (TPSA) is 106 Å². The number of nitrogens with one attached hydrogen (secondary N) is 1. The zero-order chi connectivity index (χ0) is 15.5. The minimum absolute atomic E-state index is 0.0606. The van der Waals surface area contributed by atoms with Crippen LogP contribution in [0.25, 0.3) is 0 Å². The lowest BCUT2D eigenvalue weighted by atomic mass is 10.2. The van der Waals surface area contributed by atoms with Crippen LogP contribution in [0.3, 0.4) is 0 Å². The normalized spacial score (nSPS) is 8.90. The molecule has 0 unspecified atom stereocenters. The summed E-state index contributed by atoms with van der Waals surface area (Å²) in [4.78, 5) is 41.4. The van der Waals surface area contributed by atoms with Crippen molar-refractivity contribution in [2.45, 2.75) is 26.7 Å². The van der Waals surface area contributed by atoms with E-state index in [9.17, 15) is 19.2 Å². The van der Waals surface area contributed by atoms with Gasteiger partial charge in [-0.25, -0.2) is 0 Å². The molecule has 108 valence electrons. The lowest BCUT2D eigenvalue weighted by molar-refractivity contribution is -0.126. The number of nitrogens with two attached hydrogens (primary N) is 1. The van der Waals surface area contributed by atoms with Crippen molar-refractivity contribution in [3.63, 3.8) is 0 Å². The second-order valence-corrected chi connectivity index (χ2v) is 4.14. The predicted molar refractivity (Wildman–Crippen MR) is 74.9 cm³/mol. The molecule has 0 spiro atoms. The van der Waals surface area contributed by atoms with Crippen molar-refractivity contribution in [3.8, 4) is 0 Å². The van der Waals surface area contributed by atoms with Gasteiger partial charge in [-0.1, -0.05) is 18.2 Å². The number of anilines is 1. The maximum absolute atomic E-state index is 11.1. The highest BCUT2D eigenvalue weighted by molar-refractivity contribution is 6.03. The van der Waals surface area contributed by atoms with Gasteiger partial charge in [-0.05, 0) is 26.0 Å². The molecule has 0 saturated heterocycles. The molecule has 0 heterocycles. The Kier molecular flexibility index (Phi) is 8.25. The minimum Gasteiger partial charge on any atom is -0.369 e. The average Bonchev–Trinajstić information content (AvgIpc) is 2.27. The molecule has 2 amide bonds.